The minimum Gasteiger partial charge on any atom is -0.364 e. The summed E-state index contributed by atoms with van der Waals surface area (Å²) in [6.07, 6.45) is 5.49. The normalized spacial score (nSPS) is 15.5. The van der Waals surface area contributed by atoms with Crippen molar-refractivity contribution in [1.29, 1.82) is 0 Å². The molecular weight excluding hydrogens is 378 g/mol. The van der Waals surface area contributed by atoms with Crippen LogP contribution in [0.25, 0.3) is 0 Å². The number of hydrogen-bond donors (Lipinski definition) is 1. The number of imidazole rings is 1. The van der Waals surface area contributed by atoms with Gasteiger partial charge in [0.15, 0.2) is 5.96 Å². The molecule has 1 saturated heterocycles. The topological polar surface area (TPSA) is 74.7 Å². The summed E-state index contributed by atoms with van der Waals surface area (Å²) in [6, 6.07) is 10.6. The maximum atomic E-state index is 4.93. The molecule has 3 aromatic rings. The Morgan fingerprint density at radius 3 is 2.67 bits per heavy atom. The Hall–Kier alpha value is -3.13. The smallest absolute Gasteiger partial charge is 0.194 e. The van der Waals surface area contributed by atoms with Crippen molar-refractivity contribution in [2.75, 3.05) is 33.2 Å². The van der Waals surface area contributed by atoms with Gasteiger partial charge in [-0.2, -0.15) is 0 Å². The Balaban J connectivity index is 1.28. The van der Waals surface area contributed by atoms with Gasteiger partial charge < -0.3 is 19.3 Å². The highest BCUT2D eigenvalue weighted by Crippen LogP contribution is 2.10. The Morgan fingerprint density at radius 1 is 1.13 bits per heavy atom. The highest BCUT2D eigenvalue weighted by Gasteiger charge is 2.20. The predicted octanol–water partition coefficient (Wildman–Crippen LogP) is 2.12. The lowest BCUT2D eigenvalue weighted by Gasteiger charge is -2.36. The maximum Gasteiger partial charge on any atom is 0.194 e. The molecule has 158 valence electrons. The fraction of sp³-hybridized carbons (Fsp3) is 0.409. The first kappa shape index (κ1) is 20.2. The molecule has 3 heterocycles. The van der Waals surface area contributed by atoms with Gasteiger partial charge in [0.1, 0.15) is 12.1 Å². The molecule has 2 aromatic heterocycles. The van der Waals surface area contributed by atoms with Crippen LogP contribution in [0, 0.1) is 6.92 Å². The molecule has 8 heteroatoms. The lowest BCUT2D eigenvalue weighted by molar-refractivity contribution is 0.169. The van der Waals surface area contributed by atoms with Gasteiger partial charge in [0.25, 0.3) is 0 Å². The van der Waals surface area contributed by atoms with E-state index in [1.165, 1.54) is 11.1 Å². The molecule has 0 aliphatic carbocycles. The first-order chi connectivity index (χ1) is 14.7. The molecule has 1 aromatic carbocycles. The van der Waals surface area contributed by atoms with E-state index in [0.717, 1.165) is 63.3 Å². The Labute approximate surface area is 177 Å². The van der Waals surface area contributed by atoms with E-state index < -0.39 is 0 Å². The Morgan fingerprint density at radius 2 is 1.97 bits per heavy atom. The average Bonchev–Trinajstić information content (AvgIpc) is 3.42. The summed E-state index contributed by atoms with van der Waals surface area (Å²) in [7, 11) is 1.85. The number of guanidine groups is 1. The van der Waals surface area contributed by atoms with E-state index in [1.54, 1.807) is 6.26 Å². The van der Waals surface area contributed by atoms with Crippen LogP contribution in [0.1, 0.15) is 22.6 Å². The number of rotatable bonds is 6. The van der Waals surface area contributed by atoms with Gasteiger partial charge >= 0.3 is 0 Å². The molecule has 4 rings (SSSR count). The molecule has 1 aliphatic heterocycles. The zero-order valence-corrected chi connectivity index (χ0v) is 17.7. The van der Waals surface area contributed by atoms with Gasteiger partial charge in [-0.05, 0) is 18.1 Å². The summed E-state index contributed by atoms with van der Waals surface area (Å²) in [4.78, 5) is 13.5. The lowest BCUT2D eigenvalue weighted by atomic mass is 10.1. The number of nitrogens with zero attached hydrogens (tertiary/aromatic N) is 6. The second-order valence-electron chi connectivity index (χ2n) is 7.58. The molecule has 0 spiro atoms. The third-order valence-corrected chi connectivity index (χ3v) is 5.48. The summed E-state index contributed by atoms with van der Waals surface area (Å²) in [6.45, 7) is 8.29. The zero-order valence-electron chi connectivity index (χ0n) is 17.7. The molecule has 1 aliphatic rings. The quantitative estimate of drug-likeness (QED) is 0.498. The molecule has 8 nitrogen and oxygen atoms in total. The summed E-state index contributed by atoms with van der Waals surface area (Å²) >= 11 is 0. The number of nitrogens with one attached hydrogen (secondary N) is 1. The molecule has 0 unspecified atom stereocenters. The molecular formula is C22H29N7O. The predicted molar refractivity (Wildman–Crippen MR) is 116 cm³/mol. The number of aromatic nitrogens is 3. The van der Waals surface area contributed by atoms with Crippen LogP contribution in [0.3, 0.4) is 0 Å². The van der Waals surface area contributed by atoms with E-state index in [2.05, 4.69) is 59.1 Å². The fourth-order valence-electron chi connectivity index (χ4n) is 3.78. The van der Waals surface area contributed by atoms with Crippen LogP contribution in [-0.2, 0) is 19.6 Å². The SMILES string of the molecule is CN=C(NCc1cccc(Cn2ccnc2C)c1)N1CCN(Cc2ccon2)CC1. The third-order valence-electron chi connectivity index (χ3n) is 5.48. The van der Waals surface area contributed by atoms with Crippen molar-refractivity contribution in [3.63, 3.8) is 0 Å². The number of benzene rings is 1. The van der Waals surface area contributed by atoms with Crippen molar-refractivity contribution < 1.29 is 4.52 Å². The van der Waals surface area contributed by atoms with Gasteiger partial charge in [0, 0.05) is 71.3 Å². The van der Waals surface area contributed by atoms with Gasteiger partial charge in [-0.1, -0.05) is 29.4 Å². The van der Waals surface area contributed by atoms with Crippen LogP contribution >= 0.6 is 0 Å². The zero-order chi connectivity index (χ0) is 20.8. The summed E-state index contributed by atoms with van der Waals surface area (Å²) in [5.74, 6) is 1.98. The minimum atomic E-state index is 0.753. The van der Waals surface area contributed by atoms with Gasteiger partial charge in [0.05, 0.1) is 5.69 Å². The summed E-state index contributed by atoms with van der Waals surface area (Å²) in [5.41, 5.74) is 3.50. The molecule has 0 radical (unpaired) electrons. The highest BCUT2D eigenvalue weighted by molar-refractivity contribution is 5.80. The minimum absolute atomic E-state index is 0.753. The van der Waals surface area contributed by atoms with Crippen LogP contribution in [-0.4, -0.2) is 63.7 Å². The van der Waals surface area contributed by atoms with Crippen molar-refractivity contribution in [2.24, 2.45) is 4.99 Å². The van der Waals surface area contributed by atoms with Gasteiger partial charge in [0.2, 0.25) is 0 Å². The lowest BCUT2D eigenvalue weighted by Crippen LogP contribution is -2.52. The molecule has 0 amide bonds. The van der Waals surface area contributed by atoms with E-state index in [4.69, 9.17) is 4.52 Å². The standard InChI is InChI=1S/C22H29N7O/c1-18-24-7-8-29(18)16-20-5-3-4-19(14-20)15-25-22(23-2)28-11-9-27(10-12-28)17-21-6-13-30-26-21/h3-8,13-14H,9-12,15-17H2,1-2H3,(H,23,25). The Kier molecular flexibility index (Phi) is 6.44. The number of piperazine rings is 1. The fourth-order valence-corrected chi connectivity index (χ4v) is 3.78. The second-order valence-corrected chi connectivity index (χ2v) is 7.58. The number of aryl methyl sites for hydroxylation is 1. The average molecular weight is 408 g/mol. The van der Waals surface area contributed by atoms with Crippen LogP contribution in [0.15, 0.2) is 58.5 Å². The van der Waals surface area contributed by atoms with Crippen LogP contribution in [0.4, 0.5) is 0 Å². The van der Waals surface area contributed by atoms with Crippen molar-refractivity contribution >= 4 is 5.96 Å². The van der Waals surface area contributed by atoms with Crippen molar-refractivity contribution in [2.45, 2.75) is 26.6 Å². The molecule has 0 saturated carbocycles. The largest absolute Gasteiger partial charge is 0.364 e. The van der Waals surface area contributed by atoms with Crippen LogP contribution in [0.5, 0.6) is 0 Å². The van der Waals surface area contributed by atoms with Gasteiger partial charge in [-0.3, -0.25) is 9.89 Å². The monoisotopic (exact) mass is 407 g/mol. The number of aliphatic imine (C=N–C) groups is 1. The van der Waals surface area contributed by atoms with Crippen molar-refractivity contribution in [1.82, 2.24) is 29.8 Å². The molecule has 0 atom stereocenters. The van der Waals surface area contributed by atoms with E-state index >= 15 is 0 Å². The van der Waals surface area contributed by atoms with Crippen molar-refractivity contribution in [3.8, 4) is 0 Å². The van der Waals surface area contributed by atoms with Crippen molar-refractivity contribution in [3.05, 3.63) is 71.6 Å². The molecule has 1 N–H and O–H groups in total. The van der Waals surface area contributed by atoms with Crippen LogP contribution < -0.4 is 5.32 Å². The molecule has 1 fully saturated rings. The number of hydrogen-bond acceptors (Lipinski definition) is 5. The van der Waals surface area contributed by atoms with E-state index in [-0.39, 0.29) is 0 Å². The summed E-state index contributed by atoms with van der Waals surface area (Å²) in [5, 5.41) is 7.53. The highest BCUT2D eigenvalue weighted by atomic mass is 16.5. The van der Waals surface area contributed by atoms with E-state index in [0.29, 0.717) is 0 Å². The third kappa shape index (κ3) is 5.07. The van der Waals surface area contributed by atoms with Gasteiger partial charge in [-0.25, -0.2) is 4.98 Å². The summed E-state index contributed by atoms with van der Waals surface area (Å²) < 4.78 is 7.09. The Bertz CT molecular complexity index is 956. The molecule has 30 heavy (non-hydrogen) atoms. The first-order valence-electron chi connectivity index (χ1n) is 10.3. The maximum absolute atomic E-state index is 4.93. The second kappa shape index (κ2) is 9.58. The van der Waals surface area contributed by atoms with E-state index in [9.17, 15) is 0 Å². The van der Waals surface area contributed by atoms with Crippen LogP contribution in [0.2, 0.25) is 0 Å². The molecule has 0 bridgehead atoms. The first-order valence-corrected chi connectivity index (χ1v) is 10.3. The van der Waals surface area contributed by atoms with Gasteiger partial charge in [-0.15, -0.1) is 0 Å². The van der Waals surface area contributed by atoms with E-state index in [1.807, 2.05) is 32.4 Å².